The first-order chi connectivity index (χ1) is 16.1. The third-order valence-electron chi connectivity index (χ3n) is 6.41. The van der Waals surface area contributed by atoms with Crippen LogP contribution in [0.25, 0.3) is 11.1 Å². The second kappa shape index (κ2) is 9.27. The van der Waals surface area contributed by atoms with Crippen molar-refractivity contribution in [3.8, 4) is 11.1 Å². The maximum atomic E-state index is 14.8. The molecule has 2 heterocycles. The Bertz CT molecular complexity index is 1340. The van der Waals surface area contributed by atoms with E-state index in [1.54, 1.807) is 31.6 Å². The fourth-order valence-electron chi connectivity index (χ4n) is 4.43. The summed E-state index contributed by atoms with van der Waals surface area (Å²) in [4.78, 5) is 18.9. The number of rotatable bonds is 7. The maximum absolute atomic E-state index is 14.8. The minimum absolute atomic E-state index is 0.0677. The van der Waals surface area contributed by atoms with E-state index in [1.807, 2.05) is 25.9 Å². The van der Waals surface area contributed by atoms with Crippen LogP contribution in [0.1, 0.15) is 41.8 Å². The number of benzene rings is 1. The zero-order valence-corrected chi connectivity index (χ0v) is 20.5. The second-order valence-corrected chi connectivity index (χ2v) is 10.4. The molecule has 1 amide bonds. The molecule has 4 rings (SSSR count). The minimum Gasteiger partial charge on any atom is -0.301 e. The maximum Gasteiger partial charge on any atom is 0.283 e. The van der Waals surface area contributed by atoms with Crippen molar-refractivity contribution >= 4 is 15.9 Å². The van der Waals surface area contributed by atoms with Gasteiger partial charge in [-0.05, 0) is 86.3 Å². The Hall–Kier alpha value is -3.11. The Morgan fingerprint density at radius 1 is 1.21 bits per heavy atom. The van der Waals surface area contributed by atoms with Crippen molar-refractivity contribution in [1.82, 2.24) is 24.4 Å². The Labute approximate surface area is 198 Å². The lowest BCUT2D eigenvalue weighted by molar-refractivity contribution is -0.118. The van der Waals surface area contributed by atoms with E-state index < -0.39 is 15.9 Å². The Morgan fingerprint density at radius 2 is 1.88 bits per heavy atom. The summed E-state index contributed by atoms with van der Waals surface area (Å²) in [7, 11) is 1.26. The van der Waals surface area contributed by atoms with Crippen molar-refractivity contribution in [1.29, 1.82) is 0 Å². The average molecular weight is 486 g/mol. The average Bonchev–Trinajstić information content (AvgIpc) is 3.43. The zero-order valence-electron chi connectivity index (χ0n) is 19.7. The van der Waals surface area contributed by atoms with E-state index in [0.29, 0.717) is 35.2 Å². The molecule has 1 N–H and O–H groups in total. The van der Waals surface area contributed by atoms with E-state index >= 15 is 0 Å². The fraction of sp³-hybridized carbons (Fsp3) is 0.375. The first-order valence-electron chi connectivity index (χ1n) is 11.1. The van der Waals surface area contributed by atoms with Crippen molar-refractivity contribution in [2.75, 3.05) is 14.1 Å². The molecular formula is C24H28FN5O3S. The predicted molar refractivity (Wildman–Crippen MR) is 126 cm³/mol. The van der Waals surface area contributed by atoms with Crippen LogP contribution in [0.3, 0.4) is 0 Å². The highest BCUT2D eigenvalue weighted by molar-refractivity contribution is 7.90. The number of aromatic nitrogens is 3. The molecule has 3 aromatic rings. The van der Waals surface area contributed by atoms with Crippen LogP contribution in [0.15, 0.2) is 41.7 Å². The van der Waals surface area contributed by atoms with Gasteiger partial charge in [-0.3, -0.25) is 14.5 Å². The van der Waals surface area contributed by atoms with Gasteiger partial charge in [-0.2, -0.15) is 13.5 Å². The number of pyridine rings is 1. The van der Waals surface area contributed by atoms with Crippen molar-refractivity contribution in [3.63, 3.8) is 0 Å². The molecule has 0 radical (unpaired) electrons. The number of hydrogen-bond donors (Lipinski definition) is 1. The summed E-state index contributed by atoms with van der Waals surface area (Å²) >= 11 is 0. The molecule has 0 saturated carbocycles. The number of halogens is 1. The lowest BCUT2D eigenvalue weighted by Gasteiger charge is -2.19. The molecule has 0 spiro atoms. The molecule has 10 heteroatoms. The minimum atomic E-state index is -4.17. The van der Waals surface area contributed by atoms with Crippen molar-refractivity contribution < 1.29 is 17.6 Å². The van der Waals surface area contributed by atoms with Gasteiger partial charge in [-0.1, -0.05) is 0 Å². The van der Waals surface area contributed by atoms with E-state index in [9.17, 15) is 17.6 Å². The van der Waals surface area contributed by atoms with Crippen LogP contribution < -0.4 is 4.72 Å². The normalized spacial score (nSPS) is 14.3. The quantitative estimate of drug-likeness (QED) is 0.553. The van der Waals surface area contributed by atoms with Gasteiger partial charge in [-0.15, -0.1) is 0 Å². The number of fused-ring (bicyclic) bond motifs is 1. The van der Waals surface area contributed by atoms with Crippen LogP contribution >= 0.6 is 0 Å². The predicted octanol–water partition coefficient (Wildman–Crippen LogP) is 2.78. The Morgan fingerprint density at radius 3 is 2.56 bits per heavy atom. The molecule has 180 valence electrons. The summed E-state index contributed by atoms with van der Waals surface area (Å²) < 4.78 is 44.3. The van der Waals surface area contributed by atoms with Gasteiger partial charge in [0, 0.05) is 31.5 Å². The molecule has 1 aliphatic carbocycles. The summed E-state index contributed by atoms with van der Waals surface area (Å²) in [6.45, 7) is 1.93. The number of carbonyl (C=O) groups excluding carboxylic acids is 1. The largest absolute Gasteiger partial charge is 0.301 e. The molecular weight excluding hydrogens is 457 g/mol. The van der Waals surface area contributed by atoms with Crippen molar-refractivity contribution in [2.24, 2.45) is 7.05 Å². The van der Waals surface area contributed by atoms with Gasteiger partial charge in [-0.25, -0.2) is 9.11 Å². The van der Waals surface area contributed by atoms with Gasteiger partial charge in [0.25, 0.3) is 10.0 Å². The molecule has 34 heavy (non-hydrogen) atoms. The molecule has 1 aromatic carbocycles. The molecule has 0 saturated heterocycles. The van der Waals surface area contributed by atoms with Gasteiger partial charge in [0.1, 0.15) is 5.82 Å². The third-order valence-corrected chi connectivity index (χ3v) is 7.66. The topological polar surface area (TPSA) is 97.2 Å². The van der Waals surface area contributed by atoms with Crippen LogP contribution in [-0.2, 0) is 41.1 Å². The van der Waals surface area contributed by atoms with Crippen LogP contribution in [0.2, 0.25) is 0 Å². The molecule has 1 aliphatic rings. The van der Waals surface area contributed by atoms with E-state index in [1.165, 1.54) is 16.8 Å². The SMILES string of the molecule is CC(c1cc(S(=O)(=O)NC(=O)Cc2c(-c3ccncc3)cc(F)c3c2CCC3)nn1C)N(C)C. The number of nitrogens with one attached hydrogen (secondary N) is 1. The molecule has 1 unspecified atom stereocenters. The van der Waals surface area contributed by atoms with Crippen LogP contribution in [0, 0.1) is 5.82 Å². The first-order valence-corrected chi connectivity index (χ1v) is 12.6. The van der Waals surface area contributed by atoms with E-state index in [4.69, 9.17) is 0 Å². The highest BCUT2D eigenvalue weighted by Crippen LogP contribution is 2.35. The third kappa shape index (κ3) is 4.60. The lowest BCUT2D eigenvalue weighted by atomic mass is 9.91. The Kier molecular flexibility index (Phi) is 6.55. The van der Waals surface area contributed by atoms with Crippen LogP contribution in [0.5, 0.6) is 0 Å². The van der Waals surface area contributed by atoms with Gasteiger partial charge in [0.05, 0.1) is 12.1 Å². The van der Waals surface area contributed by atoms with Gasteiger partial charge in [0.15, 0.2) is 5.03 Å². The summed E-state index contributed by atoms with van der Waals surface area (Å²) in [5, 5.41) is 3.89. The highest BCUT2D eigenvalue weighted by Gasteiger charge is 2.28. The van der Waals surface area contributed by atoms with Crippen molar-refractivity contribution in [2.45, 2.75) is 43.7 Å². The van der Waals surface area contributed by atoms with Gasteiger partial charge < -0.3 is 4.90 Å². The molecule has 8 nitrogen and oxygen atoms in total. The van der Waals surface area contributed by atoms with Gasteiger partial charge >= 0.3 is 0 Å². The second-order valence-electron chi connectivity index (χ2n) is 8.81. The number of aryl methyl sites for hydroxylation is 1. The van der Waals surface area contributed by atoms with Crippen molar-refractivity contribution in [3.05, 3.63) is 64.9 Å². The molecule has 2 aromatic heterocycles. The summed E-state index contributed by atoms with van der Waals surface area (Å²) in [6.07, 6.45) is 5.05. The van der Waals surface area contributed by atoms with E-state index in [-0.39, 0.29) is 23.3 Å². The molecule has 0 fully saturated rings. The number of hydrogen-bond acceptors (Lipinski definition) is 6. The molecule has 0 aliphatic heterocycles. The molecule has 0 bridgehead atoms. The zero-order chi connectivity index (χ0) is 24.6. The fourth-order valence-corrected chi connectivity index (χ4v) is 5.42. The highest BCUT2D eigenvalue weighted by atomic mass is 32.2. The summed E-state index contributed by atoms with van der Waals surface area (Å²) in [5.41, 5.74) is 4.05. The van der Waals surface area contributed by atoms with Crippen LogP contribution in [0.4, 0.5) is 4.39 Å². The molecule has 1 atom stereocenters. The standard InChI is InChI=1S/C24H28FN5O3S/c1-15(29(2)3)22-14-24(27-30(22)4)34(32,33)28-23(31)13-20-17-6-5-7-18(17)21(25)12-19(20)16-8-10-26-11-9-16/h8-12,14-15H,5-7,13H2,1-4H3,(H,28,31). The smallest absolute Gasteiger partial charge is 0.283 e. The van der Waals surface area contributed by atoms with E-state index in [0.717, 1.165) is 17.5 Å². The number of nitrogens with zero attached hydrogens (tertiary/aromatic N) is 4. The lowest BCUT2D eigenvalue weighted by Crippen LogP contribution is -2.32. The van der Waals surface area contributed by atoms with Crippen LogP contribution in [-0.4, -0.2) is 48.1 Å². The van der Waals surface area contributed by atoms with Gasteiger partial charge in [0.2, 0.25) is 5.91 Å². The number of sulfonamides is 1. The number of amides is 1. The first kappa shape index (κ1) is 24.0. The summed E-state index contributed by atoms with van der Waals surface area (Å²) in [5.74, 6) is -0.990. The van der Waals surface area contributed by atoms with E-state index in [2.05, 4.69) is 14.8 Å². The monoisotopic (exact) mass is 485 g/mol. The summed E-state index contributed by atoms with van der Waals surface area (Å²) in [6, 6.07) is 6.33. The number of carbonyl (C=O) groups is 1. The Balaban J connectivity index is 1.64.